The third-order valence-corrected chi connectivity index (χ3v) is 6.08. The van der Waals surface area contributed by atoms with Gasteiger partial charge in [0, 0.05) is 25.6 Å². The SMILES string of the molecule is O=C1C2C3C=C[C@H](CCOCc4ccccc4)[C@H]2CCN1CCC3. The number of hydrogen-bond donors (Lipinski definition) is 0. The number of benzene rings is 1. The van der Waals surface area contributed by atoms with Gasteiger partial charge in [-0.3, -0.25) is 4.79 Å². The number of fused-ring (bicyclic) bond motifs is 1. The van der Waals surface area contributed by atoms with Crippen LogP contribution in [0.15, 0.2) is 42.5 Å². The maximum Gasteiger partial charge on any atom is 0.226 e. The smallest absolute Gasteiger partial charge is 0.226 e. The highest BCUT2D eigenvalue weighted by Crippen LogP contribution is 2.44. The number of nitrogens with zero attached hydrogens (tertiary/aromatic N) is 1. The molecule has 1 aromatic carbocycles. The fourth-order valence-corrected chi connectivity index (χ4v) is 4.83. The van der Waals surface area contributed by atoms with E-state index in [1.54, 1.807) is 0 Å². The zero-order valence-corrected chi connectivity index (χ0v) is 14.3. The molecule has 2 fully saturated rings. The van der Waals surface area contributed by atoms with Gasteiger partial charge in [0.15, 0.2) is 0 Å². The summed E-state index contributed by atoms with van der Waals surface area (Å²) in [5, 5.41) is 0. The predicted octanol–water partition coefficient (Wildman–Crippen LogP) is 3.65. The first-order valence-electron chi connectivity index (χ1n) is 9.42. The maximum absolute atomic E-state index is 12.8. The van der Waals surface area contributed by atoms with E-state index >= 15 is 0 Å². The molecule has 24 heavy (non-hydrogen) atoms. The van der Waals surface area contributed by atoms with Crippen LogP contribution in [0.4, 0.5) is 0 Å². The van der Waals surface area contributed by atoms with Crippen LogP contribution in [0.2, 0.25) is 0 Å². The van der Waals surface area contributed by atoms with Gasteiger partial charge in [-0.1, -0.05) is 42.5 Å². The fourth-order valence-electron chi connectivity index (χ4n) is 4.83. The molecule has 0 saturated carbocycles. The first kappa shape index (κ1) is 15.9. The van der Waals surface area contributed by atoms with Crippen molar-refractivity contribution in [2.24, 2.45) is 23.7 Å². The first-order chi connectivity index (χ1) is 11.8. The van der Waals surface area contributed by atoms with Crippen molar-refractivity contribution in [3.8, 4) is 0 Å². The molecule has 1 aliphatic carbocycles. The van der Waals surface area contributed by atoms with Gasteiger partial charge >= 0.3 is 0 Å². The van der Waals surface area contributed by atoms with Crippen molar-refractivity contribution in [1.82, 2.24) is 4.90 Å². The van der Waals surface area contributed by atoms with E-state index in [0.717, 1.165) is 32.5 Å². The van der Waals surface area contributed by atoms with Gasteiger partial charge in [-0.2, -0.15) is 0 Å². The van der Waals surface area contributed by atoms with Crippen LogP contribution in [-0.4, -0.2) is 30.5 Å². The van der Waals surface area contributed by atoms with Crippen molar-refractivity contribution in [3.05, 3.63) is 48.0 Å². The van der Waals surface area contributed by atoms with E-state index in [0.29, 0.717) is 30.3 Å². The van der Waals surface area contributed by atoms with Crippen LogP contribution < -0.4 is 0 Å². The van der Waals surface area contributed by atoms with Gasteiger partial charge in [-0.25, -0.2) is 0 Å². The molecule has 2 saturated heterocycles. The number of ether oxygens (including phenoxy) is 1. The zero-order chi connectivity index (χ0) is 16.4. The van der Waals surface area contributed by atoms with Crippen LogP contribution in [0.25, 0.3) is 0 Å². The molecular formula is C21H27NO2. The topological polar surface area (TPSA) is 29.5 Å². The van der Waals surface area contributed by atoms with Gasteiger partial charge < -0.3 is 9.64 Å². The summed E-state index contributed by atoms with van der Waals surface area (Å²) in [5.41, 5.74) is 1.23. The van der Waals surface area contributed by atoms with E-state index in [4.69, 9.17) is 4.74 Å². The highest BCUT2D eigenvalue weighted by molar-refractivity contribution is 5.81. The third kappa shape index (κ3) is 3.14. The molecular weight excluding hydrogens is 298 g/mol. The largest absolute Gasteiger partial charge is 0.377 e. The normalized spacial score (nSPS) is 31.8. The lowest BCUT2D eigenvalue weighted by atomic mass is 9.66. The minimum absolute atomic E-state index is 0.241. The molecule has 0 radical (unpaired) electrons. The second-order valence-electron chi connectivity index (χ2n) is 7.49. The van der Waals surface area contributed by atoms with Crippen molar-refractivity contribution < 1.29 is 9.53 Å². The number of hydrogen-bond acceptors (Lipinski definition) is 2. The van der Waals surface area contributed by atoms with Gasteiger partial charge in [-0.15, -0.1) is 0 Å². The van der Waals surface area contributed by atoms with Crippen molar-refractivity contribution in [1.29, 1.82) is 0 Å². The van der Waals surface area contributed by atoms with Gasteiger partial charge in [0.25, 0.3) is 0 Å². The molecule has 0 N–H and O–H groups in total. The molecule has 1 aromatic rings. The Morgan fingerprint density at radius 1 is 1.08 bits per heavy atom. The summed E-state index contributed by atoms with van der Waals surface area (Å²) in [7, 11) is 0. The molecule has 2 bridgehead atoms. The molecule has 3 aliphatic rings. The number of amides is 1. The van der Waals surface area contributed by atoms with Crippen molar-refractivity contribution >= 4 is 5.91 Å². The Hall–Kier alpha value is -1.61. The van der Waals surface area contributed by atoms with Gasteiger partial charge in [0.2, 0.25) is 5.91 Å². The fraction of sp³-hybridized carbons (Fsp3) is 0.571. The van der Waals surface area contributed by atoms with E-state index in [9.17, 15) is 4.79 Å². The summed E-state index contributed by atoms with van der Waals surface area (Å²) < 4.78 is 5.89. The Kier molecular flexibility index (Phi) is 4.70. The summed E-state index contributed by atoms with van der Waals surface area (Å²) >= 11 is 0. The maximum atomic E-state index is 12.8. The van der Waals surface area contributed by atoms with Crippen molar-refractivity contribution in [3.63, 3.8) is 0 Å². The van der Waals surface area contributed by atoms with E-state index < -0.39 is 0 Å². The minimum atomic E-state index is 0.241. The second kappa shape index (κ2) is 7.10. The summed E-state index contributed by atoms with van der Waals surface area (Å²) in [6, 6.07) is 10.3. The van der Waals surface area contributed by atoms with E-state index in [1.165, 1.54) is 18.4 Å². The van der Waals surface area contributed by atoms with Crippen LogP contribution in [0.3, 0.4) is 0 Å². The molecule has 2 heterocycles. The predicted molar refractivity (Wildman–Crippen MR) is 94.2 cm³/mol. The third-order valence-electron chi connectivity index (χ3n) is 6.08. The monoisotopic (exact) mass is 325 g/mol. The summed E-state index contributed by atoms with van der Waals surface area (Å²) in [4.78, 5) is 14.9. The quantitative estimate of drug-likeness (QED) is 0.611. The molecule has 0 spiro atoms. The summed E-state index contributed by atoms with van der Waals surface area (Å²) in [6.07, 6.45) is 9.28. The van der Waals surface area contributed by atoms with Crippen LogP contribution in [0.1, 0.15) is 31.2 Å². The lowest BCUT2D eigenvalue weighted by Crippen LogP contribution is -2.49. The van der Waals surface area contributed by atoms with E-state index in [2.05, 4.69) is 29.2 Å². The number of piperidine rings is 1. The molecule has 3 heteroatoms. The molecule has 128 valence electrons. The molecule has 4 atom stereocenters. The first-order valence-corrected chi connectivity index (χ1v) is 9.42. The summed E-state index contributed by atoms with van der Waals surface area (Å²) in [5.74, 6) is 2.18. The molecule has 1 amide bonds. The molecule has 0 aromatic heterocycles. The van der Waals surface area contributed by atoms with Crippen molar-refractivity contribution in [2.45, 2.75) is 32.3 Å². The van der Waals surface area contributed by atoms with Crippen LogP contribution in [-0.2, 0) is 16.1 Å². The highest BCUT2D eigenvalue weighted by Gasteiger charge is 2.46. The van der Waals surface area contributed by atoms with E-state index in [1.807, 2.05) is 18.2 Å². The lowest BCUT2D eigenvalue weighted by molar-refractivity contribution is -0.143. The molecule has 2 unspecified atom stereocenters. The Morgan fingerprint density at radius 3 is 2.83 bits per heavy atom. The number of carbonyl (C=O) groups is 1. The Balaban J connectivity index is 1.35. The Bertz CT molecular complexity index is 597. The van der Waals surface area contributed by atoms with Crippen LogP contribution in [0.5, 0.6) is 0 Å². The molecule has 4 rings (SSSR count). The second-order valence-corrected chi connectivity index (χ2v) is 7.49. The minimum Gasteiger partial charge on any atom is -0.377 e. The van der Waals surface area contributed by atoms with E-state index in [-0.39, 0.29) is 5.92 Å². The average Bonchev–Trinajstić information content (AvgIpc) is 2.73. The zero-order valence-electron chi connectivity index (χ0n) is 14.3. The number of carbonyl (C=O) groups excluding carboxylic acids is 1. The standard InChI is InChI=1S/C21H27NO2/c23-21-20-18-7-4-12-22(21)13-10-19(20)17(8-9-18)11-14-24-15-16-5-2-1-3-6-16/h1-3,5-6,8-9,17-20H,4,7,10-15H2/t17-,18?,19-,20?/m1/s1. The highest BCUT2D eigenvalue weighted by atomic mass is 16.5. The molecule has 3 nitrogen and oxygen atoms in total. The van der Waals surface area contributed by atoms with Crippen LogP contribution >= 0.6 is 0 Å². The van der Waals surface area contributed by atoms with Crippen LogP contribution in [0, 0.1) is 23.7 Å². The van der Waals surface area contributed by atoms with Gasteiger partial charge in [-0.05, 0) is 49.0 Å². The van der Waals surface area contributed by atoms with Gasteiger partial charge in [0.05, 0.1) is 6.61 Å². The van der Waals surface area contributed by atoms with Crippen molar-refractivity contribution in [2.75, 3.05) is 19.7 Å². The molecule has 2 aliphatic heterocycles. The Labute approximate surface area is 144 Å². The number of rotatable bonds is 5. The summed E-state index contributed by atoms with van der Waals surface area (Å²) in [6.45, 7) is 3.38. The number of allylic oxidation sites excluding steroid dienone is 2. The van der Waals surface area contributed by atoms with Gasteiger partial charge in [0.1, 0.15) is 0 Å². The average molecular weight is 325 g/mol. The Morgan fingerprint density at radius 2 is 1.96 bits per heavy atom. The lowest BCUT2D eigenvalue weighted by Gasteiger charge is -2.43.